The van der Waals surface area contributed by atoms with Crippen molar-refractivity contribution in [1.82, 2.24) is 20.2 Å². The van der Waals surface area contributed by atoms with Crippen LogP contribution >= 0.6 is 0 Å². The maximum atomic E-state index is 12.4. The van der Waals surface area contributed by atoms with Crippen LogP contribution in [-0.4, -0.2) is 27.3 Å². The Morgan fingerprint density at radius 3 is 2.90 bits per heavy atom. The van der Waals surface area contributed by atoms with Gasteiger partial charge >= 0.3 is 6.18 Å². The zero-order chi connectivity index (χ0) is 14.6. The fourth-order valence-electron chi connectivity index (χ4n) is 1.50. The summed E-state index contributed by atoms with van der Waals surface area (Å²) in [6.45, 7) is 0.632. The average Bonchev–Trinajstić information content (AvgIpc) is 2.84. The van der Waals surface area contributed by atoms with Crippen molar-refractivity contribution < 1.29 is 17.9 Å². The van der Waals surface area contributed by atoms with Crippen LogP contribution in [0.15, 0.2) is 18.3 Å². The molecule has 2 rings (SSSR count). The third-order valence-electron chi connectivity index (χ3n) is 2.35. The highest BCUT2D eigenvalue weighted by Gasteiger charge is 2.34. The van der Waals surface area contributed by atoms with E-state index in [2.05, 4.69) is 25.5 Å². The first-order valence-corrected chi connectivity index (χ1v) is 5.65. The van der Waals surface area contributed by atoms with Crippen LogP contribution in [0.2, 0.25) is 0 Å². The molecule has 0 saturated carbocycles. The molecule has 0 fully saturated rings. The summed E-state index contributed by atoms with van der Waals surface area (Å²) in [7, 11) is 1.55. The predicted molar refractivity (Wildman–Crippen MR) is 63.7 cm³/mol. The van der Waals surface area contributed by atoms with Crippen LogP contribution in [0.4, 0.5) is 19.0 Å². The molecule has 0 radical (unpaired) electrons. The number of hydrogen-bond acceptors (Lipinski definition) is 5. The van der Waals surface area contributed by atoms with Crippen LogP contribution in [0, 0.1) is 0 Å². The van der Waals surface area contributed by atoms with E-state index in [1.807, 2.05) is 0 Å². The summed E-state index contributed by atoms with van der Waals surface area (Å²) in [5.74, 6) is -1.08. The number of halogens is 3. The normalized spacial score (nSPS) is 11.6. The number of aromatic nitrogens is 4. The summed E-state index contributed by atoms with van der Waals surface area (Å²) in [6.07, 6.45) is -3.50. The number of rotatable bonds is 5. The van der Waals surface area contributed by atoms with Gasteiger partial charge in [-0.2, -0.15) is 18.3 Å². The molecule has 0 atom stereocenters. The van der Waals surface area contributed by atoms with Crippen molar-refractivity contribution in [3.05, 3.63) is 35.5 Å². The molecule has 108 valence electrons. The molecule has 9 heteroatoms. The number of aromatic amines is 1. The van der Waals surface area contributed by atoms with Crippen LogP contribution < -0.4 is 5.32 Å². The van der Waals surface area contributed by atoms with Crippen molar-refractivity contribution in [1.29, 1.82) is 0 Å². The molecule has 0 bridgehead atoms. The highest BCUT2D eigenvalue weighted by Crippen LogP contribution is 2.26. The fraction of sp³-hybridized carbons (Fsp3) is 0.364. The third-order valence-corrected chi connectivity index (χ3v) is 2.35. The van der Waals surface area contributed by atoms with E-state index >= 15 is 0 Å². The van der Waals surface area contributed by atoms with Gasteiger partial charge < -0.3 is 10.1 Å². The predicted octanol–water partition coefficient (Wildman–Crippen LogP) is 1.98. The van der Waals surface area contributed by atoms with Crippen molar-refractivity contribution in [2.45, 2.75) is 19.3 Å². The molecule has 0 unspecified atom stereocenters. The average molecular weight is 287 g/mol. The van der Waals surface area contributed by atoms with E-state index in [1.54, 1.807) is 13.2 Å². The molecule has 0 aliphatic rings. The Kier molecular flexibility index (Phi) is 4.18. The standard InChI is InChI=1S/C11H12F3N5O/c1-20-6-8-4-7(18-19-8)5-16-9-2-3-15-10(17-9)11(12,13)14/h2-4H,5-6H2,1H3,(H,18,19)(H,15,16,17). The van der Waals surface area contributed by atoms with Crippen LogP contribution in [0.5, 0.6) is 0 Å². The lowest BCUT2D eigenvalue weighted by molar-refractivity contribution is -0.144. The van der Waals surface area contributed by atoms with E-state index in [0.29, 0.717) is 18.0 Å². The highest BCUT2D eigenvalue weighted by molar-refractivity contribution is 5.34. The van der Waals surface area contributed by atoms with E-state index in [0.717, 1.165) is 6.20 Å². The van der Waals surface area contributed by atoms with Crippen LogP contribution in [0.25, 0.3) is 0 Å². The lowest BCUT2D eigenvalue weighted by Gasteiger charge is -2.07. The number of methoxy groups -OCH3 is 1. The van der Waals surface area contributed by atoms with Gasteiger partial charge in [0.25, 0.3) is 0 Å². The van der Waals surface area contributed by atoms with E-state index in [1.165, 1.54) is 6.07 Å². The van der Waals surface area contributed by atoms with Crippen LogP contribution in [0.3, 0.4) is 0 Å². The first-order valence-electron chi connectivity index (χ1n) is 5.65. The number of nitrogens with zero attached hydrogens (tertiary/aromatic N) is 3. The Balaban J connectivity index is 1.99. The first kappa shape index (κ1) is 14.3. The zero-order valence-corrected chi connectivity index (χ0v) is 10.5. The first-order chi connectivity index (χ1) is 9.49. The van der Waals surface area contributed by atoms with Crippen molar-refractivity contribution in [2.75, 3.05) is 12.4 Å². The number of alkyl halides is 3. The minimum absolute atomic E-state index is 0.0928. The summed E-state index contributed by atoms with van der Waals surface area (Å²) in [5.41, 5.74) is 1.42. The zero-order valence-electron chi connectivity index (χ0n) is 10.5. The SMILES string of the molecule is COCc1cc(CNc2ccnc(C(F)(F)F)n2)[nH]n1. The van der Waals surface area contributed by atoms with Gasteiger partial charge in [-0.15, -0.1) is 0 Å². The maximum Gasteiger partial charge on any atom is 0.451 e. The monoisotopic (exact) mass is 287 g/mol. The second-order valence-electron chi connectivity index (χ2n) is 3.93. The van der Waals surface area contributed by atoms with Gasteiger partial charge in [-0.3, -0.25) is 5.10 Å². The van der Waals surface area contributed by atoms with Gasteiger partial charge in [0.05, 0.1) is 24.5 Å². The maximum absolute atomic E-state index is 12.4. The smallest absolute Gasteiger partial charge is 0.378 e. The van der Waals surface area contributed by atoms with Crippen LogP contribution in [-0.2, 0) is 24.1 Å². The second-order valence-corrected chi connectivity index (χ2v) is 3.93. The third kappa shape index (κ3) is 3.67. The highest BCUT2D eigenvalue weighted by atomic mass is 19.4. The van der Waals surface area contributed by atoms with Gasteiger partial charge in [0, 0.05) is 13.3 Å². The molecule has 6 nitrogen and oxygen atoms in total. The Bertz CT molecular complexity index is 569. The second kappa shape index (κ2) is 5.87. The lowest BCUT2D eigenvalue weighted by atomic mass is 10.3. The fourth-order valence-corrected chi connectivity index (χ4v) is 1.50. The van der Waals surface area contributed by atoms with Gasteiger partial charge in [0.15, 0.2) is 0 Å². The molecule has 20 heavy (non-hydrogen) atoms. The molecule has 0 aliphatic heterocycles. The molecule has 2 heterocycles. The molecule has 0 saturated heterocycles. The molecule has 0 aromatic carbocycles. The van der Waals surface area contributed by atoms with Gasteiger partial charge in [-0.05, 0) is 12.1 Å². The van der Waals surface area contributed by atoms with Crippen molar-refractivity contribution in [3.63, 3.8) is 0 Å². The molecule has 2 N–H and O–H groups in total. The Hall–Kier alpha value is -2.16. The minimum Gasteiger partial charge on any atom is -0.378 e. The summed E-state index contributed by atoms with van der Waals surface area (Å²) in [4.78, 5) is 6.58. The number of hydrogen-bond donors (Lipinski definition) is 2. The number of anilines is 1. The van der Waals surface area contributed by atoms with Gasteiger partial charge in [-0.1, -0.05) is 0 Å². The van der Waals surface area contributed by atoms with E-state index in [4.69, 9.17) is 4.74 Å². The molecule has 0 aliphatic carbocycles. The van der Waals surface area contributed by atoms with E-state index in [-0.39, 0.29) is 12.4 Å². The lowest BCUT2D eigenvalue weighted by Crippen LogP contribution is -2.12. The molecular weight excluding hydrogens is 275 g/mol. The summed E-state index contributed by atoms with van der Waals surface area (Å²) >= 11 is 0. The summed E-state index contributed by atoms with van der Waals surface area (Å²) < 4.78 is 42.2. The largest absolute Gasteiger partial charge is 0.451 e. The molecule has 2 aromatic heterocycles. The van der Waals surface area contributed by atoms with Gasteiger partial charge in [0.1, 0.15) is 5.82 Å². The number of H-pyrrole nitrogens is 1. The topological polar surface area (TPSA) is 75.7 Å². The summed E-state index contributed by atoms with van der Waals surface area (Å²) in [5, 5.41) is 9.49. The van der Waals surface area contributed by atoms with E-state index < -0.39 is 12.0 Å². The minimum atomic E-state index is -4.56. The molecule has 2 aromatic rings. The van der Waals surface area contributed by atoms with E-state index in [9.17, 15) is 13.2 Å². The van der Waals surface area contributed by atoms with Crippen molar-refractivity contribution >= 4 is 5.82 Å². The van der Waals surface area contributed by atoms with Gasteiger partial charge in [0.2, 0.25) is 5.82 Å². The quantitative estimate of drug-likeness (QED) is 0.879. The Labute approximate surface area is 112 Å². The number of ether oxygens (including phenoxy) is 1. The molecule has 0 amide bonds. The summed E-state index contributed by atoms with van der Waals surface area (Å²) in [6, 6.07) is 3.12. The molecular formula is C11H12F3N5O. The van der Waals surface area contributed by atoms with Crippen molar-refractivity contribution in [3.8, 4) is 0 Å². The van der Waals surface area contributed by atoms with Crippen LogP contribution in [0.1, 0.15) is 17.2 Å². The number of nitrogens with one attached hydrogen (secondary N) is 2. The van der Waals surface area contributed by atoms with Gasteiger partial charge in [-0.25, -0.2) is 9.97 Å². The Morgan fingerprint density at radius 2 is 2.20 bits per heavy atom. The Morgan fingerprint density at radius 1 is 1.40 bits per heavy atom. The molecule has 0 spiro atoms. The van der Waals surface area contributed by atoms with Crippen molar-refractivity contribution in [2.24, 2.45) is 0 Å².